The lowest BCUT2D eigenvalue weighted by Crippen LogP contribution is -2.48. The van der Waals surface area contributed by atoms with E-state index in [4.69, 9.17) is 5.84 Å². The Kier molecular flexibility index (Phi) is 5.04. The highest BCUT2D eigenvalue weighted by atomic mass is 32.2. The van der Waals surface area contributed by atoms with Gasteiger partial charge in [0.1, 0.15) is 0 Å². The molecule has 2 unspecified atom stereocenters. The Labute approximate surface area is 136 Å². The van der Waals surface area contributed by atoms with E-state index in [0.717, 1.165) is 18.7 Å². The predicted octanol–water partition coefficient (Wildman–Crippen LogP) is 2.17. The molecule has 22 heavy (non-hydrogen) atoms. The van der Waals surface area contributed by atoms with Gasteiger partial charge in [-0.3, -0.25) is 4.79 Å². The second kappa shape index (κ2) is 6.48. The minimum atomic E-state index is -0.166. The van der Waals surface area contributed by atoms with Gasteiger partial charge in [0, 0.05) is 17.5 Å². The quantitative estimate of drug-likeness (QED) is 0.681. The number of carbonyl (C=O) groups excluding carboxylic acids is 1. The van der Waals surface area contributed by atoms with E-state index in [2.05, 4.69) is 24.0 Å². The van der Waals surface area contributed by atoms with Crippen LogP contribution in [0.1, 0.15) is 59.7 Å². The molecule has 0 saturated carbocycles. The zero-order valence-corrected chi connectivity index (χ0v) is 15.0. The summed E-state index contributed by atoms with van der Waals surface area (Å²) in [6.45, 7) is 10.4. The first kappa shape index (κ1) is 17.1. The molecule has 124 valence electrons. The lowest BCUT2D eigenvalue weighted by molar-refractivity contribution is -0.134. The third-order valence-corrected chi connectivity index (χ3v) is 5.07. The van der Waals surface area contributed by atoms with E-state index in [1.165, 1.54) is 22.9 Å². The molecule has 2 N–H and O–H groups in total. The lowest BCUT2D eigenvalue weighted by atomic mass is 9.96. The van der Waals surface area contributed by atoms with Crippen LogP contribution in [0.15, 0.2) is 5.16 Å². The van der Waals surface area contributed by atoms with E-state index >= 15 is 0 Å². The average Bonchev–Trinajstić information content (AvgIpc) is 2.77. The number of carbonyl (C=O) groups is 1. The van der Waals surface area contributed by atoms with Crippen molar-refractivity contribution in [1.82, 2.24) is 19.8 Å². The van der Waals surface area contributed by atoms with Gasteiger partial charge in [0.2, 0.25) is 11.1 Å². The Hall–Kier alpha value is -1.24. The molecule has 1 aromatic rings. The van der Waals surface area contributed by atoms with Crippen LogP contribution in [0.25, 0.3) is 0 Å². The first-order valence-corrected chi connectivity index (χ1v) is 8.85. The van der Waals surface area contributed by atoms with E-state index < -0.39 is 0 Å². The Balaban J connectivity index is 2.01. The van der Waals surface area contributed by atoms with Gasteiger partial charge in [0.25, 0.3) is 0 Å². The van der Waals surface area contributed by atoms with Crippen LogP contribution in [0.3, 0.4) is 0 Å². The van der Waals surface area contributed by atoms with Crippen LogP contribution in [0, 0.1) is 0 Å². The van der Waals surface area contributed by atoms with Crippen molar-refractivity contribution in [2.75, 3.05) is 11.6 Å². The maximum absolute atomic E-state index is 12.5. The number of thioether (sulfide) groups is 1. The summed E-state index contributed by atoms with van der Waals surface area (Å²) in [5.41, 5.74) is -0.166. The highest BCUT2D eigenvalue weighted by molar-refractivity contribution is 7.99. The fraction of sp³-hybridized carbons (Fsp3) is 0.800. The lowest BCUT2D eigenvalue weighted by Gasteiger charge is -2.39. The average molecular weight is 325 g/mol. The summed E-state index contributed by atoms with van der Waals surface area (Å²) in [4.78, 5) is 14.5. The standard InChI is InChI=1S/C15H27N5OS/c1-10-7-6-8-11(2)19(10)12(21)9-22-14-18-17-13(20(14)16)15(3,4)5/h10-11H,6-9,16H2,1-5H3. The number of hydrogen-bond acceptors (Lipinski definition) is 5. The fourth-order valence-corrected chi connectivity index (χ4v) is 3.73. The molecule has 2 heterocycles. The fourth-order valence-electron chi connectivity index (χ4n) is 3.00. The molecular formula is C15H27N5OS. The Bertz CT molecular complexity index is 527. The molecule has 1 saturated heterocycles. The third kappa shape index (κ3) is 3.56. The normalized spacial score (nSPS) is 22.9. The zero-order chi connectivity index (χ0) is 16.5. The van der Waals surface area contributed by atoms with Crippen LogP contribution in [-0.2, 0) is 10.2 Å². The van der Waals surface area contributed by atoms with Crippen LogP contribution >= 0.6 is 11.8 Å². The van der Waals surface area contributed by atoms with Gasteiger partial charge in [0.05, 0.1) is 5.75 Å². The zero-order valence-electron chi connectivity index (χ0n) is 14.2. The first-order valence-electron chi connectivity index (χ1n) is 7.86. The number of piperidine rings is 1. The van der Waals surface area contributed by atoms with E-state index in [1.807, 2.05) is 25.7 Å². The smallest absolute Gasteiger partial charge is 0.233 e. The number of hydrogen-bond donors (Lipinski definition) is 1. The largest absolute Gasteiger partial charge is 0.337 e. The molecule has 0 radical (unpaired) electrons. The molecule has 6 nitrogen and oxygen atoms in total. The third-order valence-electron chi connectivity index (χ3n) is 4.14. The van der Waals surface area contributed by atoms with Crippen LogP contribution < -0.4 is 5.84 Å². The van der Waals surface area contributed by atoms with E-state index in [9.17, 15) is 4.79 Å². The van der Waals surface area contributed by atoms with E-state index in [0.29, 0.717) is 23.0 Å². The van der Waals surface area contributed by atoms with Crippen LogP contribution in [-0.4, -0.2) is 43.5 Å². The minimum Gasteiger partial charge on any atom is -0.337 e. The van der Waals surface area contributed by atoms with Gasteiger partial charge in [-0.1, -0.05) is 32.5 Å². The topological polar surface area (TPSA) is 77.0 Å². The number of rotatable bonds is 3. The molecule has 0 aliphatic carbocycles. The highest BCUT2D eigenvalue weighted by Crippen LogP contribution is 2.26. The Morgan fingerprint density at radius 1 is 1.27 bits per heavy atom. The second-order valence-corrected chi connectivity index (χ2v) is 8.09. The van der Waals surface area contributed by atoms with Crippen molar-refractivity contribution in [1.29, 1.82) is 0 Å². The molecular weight excluding hydrogens is 298 g/mol. The van der Waals surface area contributed by atoms with Gasteiger partial charge in [-0.25, -0.2) is 4.68 Å². The number of nitrogens with zero attached hydrogens (tertiary/aromatic N) is 4. The summed E-state index contributed by atoms with van der Waals surface area (Å²) < 4.78 is 1.50. The van der Waals surface area contributed by atoms with Crippen molar-refractivity contribution in [2.24, 2.45) is 0 Å². The number of nitrogen functional groups attached to an aromatic ring is 1. The van der Waals surface area contributed by atoms with Gasteiger partial charge in [0.15, 0.2) is 5.82 Å². The van der Waals surface area contributed by atoms with Gasteiger partial charge < -0.3 is 10.7 Å². The van der Waals surface area contributed by atoms with Crippen LogP contribution in [0.5, 0.6) is 0 Å². The Morgan fingerprint density at radius 2 is 1.86 bits per heavy atom. The summed E-state index contributed by atoms with van der Waals surface area (Å²) in [5.74, 6) is 7.29. The maximum Gasteiger partial charge on any atom is 0.233 e. The van der Waals surface area contributed by atoms with Gasteiger partial charge in [-0.15, -0.1) is 10.2 Å². The molecule has 1 aliphatic rings. The van der Waals surface area contributed by atoms with Gasteiger partial charge in [-0.2, -0.15) is 0 Å². The molecule has 2 atom stereocenters. The number of aromatic nitrogens is 3. The number of amides is 1. The number of likely N-dealkylation sites (tertiary alicyclic amines) is 1. The summed E-state index contributed by atoms with van der Waals surface area (Å²) >= 11 is 1.36. The summed E-state index contributed by atoms with van der Waals surface area (Å²) in [6, 6.07) is 0.635. The van der Waals surface area contributed by atoms with E-state index in [-0.39, 0.29) is 11.3 Å². The molecule has 1 fully saturated rings. The first-order chi connectivity index (χ1) is 10.2. The van der Waals surface area contributed by atoms with Crippen molar-refractivity contribution in [3.8, 4) is 0 Å². The summed E-state index contributed by atoms with van der Waals surface area (Å²) in [6.07, 6.45) is 3.37. The van der Waals surface area contributed by atoms with Crippen molar-refractivity contribution in [2.45, 2.75) is 76.5 Å². The minimum absolute atomic E-state index is 0.157. The summed E-state index contributed by atoms with van der Waals surface area (Å²) in [7, 11) is 0. The van der Waals surface area contributed by atoms with Gasteiger partial charge >= 0.3 is 0 Å². The van der Waals surface area contributed by atoms with Crippen molar-refractivity contribution in [3.05, 3.63) is 5.82 Å². The maximum atomic E-state index is 12.5. The van der Waals surface area contributed by atoms with E-state index in [1.54, 1.807) is 0 Å². The number of nitrogens with two attached hydrogens (primary N) is 1. The van der Waals surface area contributed by atoms with Gasteiger partial charge in [-0.05, 0) is 33.1 Å². The molecule has 1 amide bonds. The van der Waals surface area contributed by atoms with Crippen molar-refractivity contribution in [3.63, 3.8) is 0 Å². The van der Waals surface area contributed by atoms with Crippen molar-refractivity contribution >= 4 is 17.7 Å². The molecule has 7 heteroatoms. The summed E-state index contributed by atoms with van der Waals surface area (Å²) in [5, 5.41) is 8.86. The molecule has 1 aromatic heterocycles. The Morgan fingerprint density at radius 3 is 2.36 bits per heavy atom. The molecule has 0 spiro atoms. The molecule has 0 bridgehead atoms. The highest BCUT2D eigenvalue weighted by Gasteiger charge is 2.29. The molecule has 2 rings (SSSR count). The molecule has 0 aromatic carbocycles. The SMILES string of the molecule is CC1CCCC(C)N1C(=O)CSc1nnc(C(C)(C)C)n1N. The monoisotopic (exact) mass is 325 g/mol. The predicted molar refractivity (Wildman–Crippen MR) is 89.2 cm³/mol. The second-order valence-electron chi connectivity index (χ2n) is 7.14. The van der Waals surface area contributed by atoms with Crippen LogP contribution in [0.4, 0.5) is 0 Å². The van der Waals surface area contributed by atoms with Crippen LogP contribution in [0.2, 0.25) is 0 Å². The molecule has 1 aliphatic heterocycles. The van der Waals surface area contributed by atoms with Crippen molar-refractivity contribution < 1.29 is 4.79 Å².